The Balaban J connectivity index is 2.55. The van der Waals surface area contributed by atoms with Gasteiger partial charge in [0.25, 0.3) is 0 Å². The molecule has 0 fully saturated rings. The van der Waals surface area contributed by atoms with Crippen molar-refractivity contribution >= 4 is 10.8 Å². The Bertz CT molecular complexity index is 549. The molecule has 0 radical (unpaired) electrons. The van der Waals surface area contributed by atoms with Crippen molar-refractivity contribution in [1.82, 2.24) is 0 Å². The maximum atomic E-state index is 5.67. The predicted molar refractivity (Wildman–Crippen MR) is 77.5 cm³/mol. The zero-order chi connectivity index (χ0) is 13.7. The third-order valence-electron chi connectivity index (χ3n) is 2.82. The van der Waals surface area contributed by atoms with Gasteiger partial charge in [-0.15, -0.1) is 0 Å². The van der Waals surface area contributed by atoms with E-state index in [1.807, 2.05) is 51.1 Å². The fourth-order valence-corrected chi connectivity index (χ4v) is 2.09. The summed E-state index contributed by atoms with van der Waals surface area (Å²) in [6, 6.07) is 9.90. The van der Waals surface area contributed by atoms with Crippen LogP contribution in [0.3, 0.4) is 0 Å². The molecule has 2 rings (SSSR count). The number of rotatable bonds is 6. The van der Waals surface area contributed by atoms with Gasteiger partial charge < -0.3 is 14.2 Å². The number of hydrogen-bond donors (Lipinski definition) is 0. The van der Waals surface area contributed by atoms with Crippen LogP contribution in [0, 0.1) is 0 Å². The summed E-state index contributed by atoms with van der Waals surface area (Å²) in [5.41, 5.74) is 0. The van der Waals surface area contributed by atoms with Gasteiger partial charge in [0.1, 0.15) is 17.2 Å². The van der Waals surface area contributed by atoms with Crippen LogP contribution in [0.5, 0.6) is 17.2 Å². The zero-order valence-electron chi connectivity index (χ0n) is 11.7. The summed E-state index contributed by atoms with van der Waals surface area (Å²) in [7, 11) is 0. The van der Waals surface area contributed by atoms with Gasteiger partial charge in [-0.3, -0.25) is 0 Å². The first-order chi connectivity index (χ1) is 9.30. The molecule has 19 heavy (non-hydrogen) atoms. The van der Waals surface area contributed by atoms with E-state index in [-0.39, 0.29) is 0 Å². The summed E-state index contributed by atoms with van der Waals surface area (Å²) in [5.74, 6) is 2.59. The van der Waals surface area contributed by atoms with Gasteiger partial charge in [-0.1, -0.05) is 0 Å². The lowest BCUT2D eigenvalue weighted by Gasteiger charge is -2.13. The van der Waals surface area contributed by atoms with E-state index < -0.39 is 0 Å². The van der Waals surface area contributed by atoms with Crippen LogP contribution in [0.15, 0.2) is 30.3 Å². The molecule has 0 N–H and O–H groups in total. The quantitative estimate of drug-likeness (QED) is 0.784. The molecule has 3 nitrogen and oxygen atoms in total. The van der Waals surface area contributed by atoms with Crippen molar-refractivity contribution in [3.05, 3.63) is 30.3 Å². The Morgan fingerprint density at radius 1 is 0.684 bits per heavy atom. The molecule has 0 spiro atoms. The van der Waals surface area contributed by atoms with Crippen LogP contribution < -0.4 is 14.2 Å². The molecule has 0 saturated carbocycles. The van der Waals surface area contributed by atoms with Crippen molar-refractivity contribution in [2.45, 2.75) is 20.8 Å². The van der Waals surface area contributed by atoms with E-state index >= 15 is 0 Å². The molecule has 102 valence electrons. The maximum Gasteiger partial charge on any atom is 0.127 e. The molecule has 2 aromatic rings. The maximum absolute atomic E-state index is 5.67. The smallest absolute Gasteiger partial charge is 0.127 e. The summed E-state index contributed by atoms with van der Waals surface area (Å²) in [6.45, 7) is 7.88. The highest BCUT2D eigenvalue weighted by Gasteiger charge is 2.09. The lowest BCUT2D eigenvalue weighted by atomic mass is 10.1. The van der Waals surface area contributed by atoms with E-state index in [0.717, 1.165) is 28.0 Å². The lowest BCUT2D eigenvalue weighted by Crippen LogP contribution is -1.97. The molecule has 0 unspecified atom stereocenters. The van der Waals surface area contributed by atoms with Gasteiger partial charge in [0.2, 0.25) is 0 Å². The lowest BCUT2D eigenvalue weighted by molar-refractivity contribution is 0.334. The predicted octanol–water partition coefficient (Wildman–Crippen LogP) is 4.04. The molecule has 0 aliphatic heterocycles. The first-order valence-corrected chi connectivity index (χ1v) is 6.75. The van der Waals surface area contributed by atoms with Crippen molar-refractivity contribution in [1.29, 1.82) is 0 Å². The van der Waals surface area contributed by atoms with Crippen LogP contribution in [0.2, 0.25) is 0 Å². The fraction of sp³-hybridized carbons (Fsp3) is 0.375. The Kier molecular flexibility index (Phi) is 4.50. The van der Waals surface area contributed by atoms with E-state index in [2.05, 4.69) is 0 Å². The molecule has 3 heteroatoms. The van der Waals surface area contributed by atoms with Crippen LogP contribution in [0.1, 0.15) is 20.8 Å². The van der Waals surface area contributed by atoms with Crippen LogP contribution in [0.25, 0.3) is 10.8 Å². The van der Waals surface area contributed by atoms with Gasteiger partial charge in [0.15, 0.2) is 0 Å². The normalized spacial score (nSPS) is 10.5. The van der Waals surface area contributed by atoms with Gasteiger partial charge >= 0.3 is 0 Å². The van der Waals surface area contributed by atoms with E-state index in [4.69, 9.17) is 14.2 Å². The Hall–Kier alpha value is -1.90. The van der Waals surface area contributed by atoms with Crippen LogP contribution in [0.4, 0.5) is 0 Å². The third-order valence-corrected chi connectivity index (χ3v) is 2.82. The highest BCUT2D eigenvalue weighted by atomic mass is 16.5. The first kappa shape index (κ1) is 13.5. The minimum Gasteiger partial charge on any atom is -0.494 e. The molecule has 0 saturated heterocycles. The average molecular weight is 260 g/mol. The second-order valence-electron chi connectivity index (χ2n) is 4.07. The van der Waals surface area contributed by atoms with E-state index in [9.17, 15) is 0 Å². The number of hydrogen-bond acceptors (Lipinski definition) is 3. The summed E-state index contributed by atoms with van der Waals surface area (Å²) >= 11 is 0. The van der Waals surface area contributed by atoms with E-state index in [1.54, 1.807) is 0 Å². The number of ether oxygens (including phenoxy) is 3. The van der Waals surface area contributed by atoms with Crippen molar-refractivity contribution < 1.29 is 14.2 Å². The van der Waals surface area contributed by atoms with Crippen LogP contribution >= 0.6 is 0 Å². The molecule has 0 aliphatic rings. The largest absolute Gasteiger partial charge is 0.494 e. The Morgan fingerprint density at radius 3 is 1.84 bits per heavy atom. The summed E-state index contributed by atoms with van der Waals surface area (Å²) in [4.78, 5) is 0. The summed E-state index contributed by atoms with van der Waals surface area (Å²) < 4.78 is 16.9. The van der Waals surface area contributed by atoms with Crippen molar-refractivity contribution in [3.8, 4) is 17.2 Å². The molecule has 0 bridgehead atoms. The van der Waals surface area contributed by atoms with E-state index in [1.165, 1.54) is 0 Å². The minimum absolute atomic E-state index is 0.641. The first-order valence-electron chi connectivity index (χ1n) is 6.75. The van der Waals surface area contributed by atoms with Crippen molar-refractivity contribution in [3.63, 3.8) is 0 Å². The average Bonchev–Trinajstić information content (AvgIpc) is 2.42. The number of benzene rings is 2. The standard InChI is InChI=1S/C16H20O3/c1-4-17-12-7-8-13-14(11-12)16(19-6-3)10-9-15(13)18-5-2/h7-11H,4-6H2,1-3H3. The second-order valence-corrected chi connectivity index (χ2v) is 4.07. The van der Waals surface area contributed by atoms with Gasteiger partial charge in [-0.05, 0) is 51.1 Å². The molecule has 0 aromatic heterocycles. The fourth-order valence-electron chi connectivity index (χ4n) is 2.09. The SMILES string of the molecule is CCOc1ccc2c(OCC)ccc(OCC)c2c1. The third kappa shape index (κ3) is 2.92. The topological polar surface area (TPSA) is 27.7 Å². The van der Waals surface area contributed by atoms with Gasteiger partial charge in [-0.2, -0.15) is 0 Å². The highest BCUT2D eigenvalue weighted by Crippen LogP contribution is 2.35. The Morgan fingerprint density at radius 2 is 1.26 bits per heavy atom. The molecule has 2 aromatic carbocycles. The van der Waals surface area contributed by atoms with Gasteiger partial charge in [0, 0.05) is 10.8 Å². The molecule has 0 atom stereocenters. The highest BCUT2D eigenvalue weighted by molar-refractivity contribution is 5.94. The molecular formula is C16H20O3. The van der Waals surface area contributed by atoms with Gasteiger partial charge in [0.05, 0.1) is 19.8 Å². The van der Waals surface area contributed by atoms with Gasteiger partial charge in [-0.25, -0.2) is 0 Å². The molecule has 0 amide bonds. The second kappa shape index (κ2) is 6.32. The van der Waals surface area contributed by atoms with Crippen LogP contribution in [-0.2, 0) is 0 Å². The van der Waals surface area contributed by atoms with Crippen molar-refractivity contribution in [2.24, 2.45) is 0 Å². The molecule has 0 heterocycles. The van der Waals surface area contributed by atoms with Crippen molar-refractivity contribution in [2.75, 3.05) is 19.8 Å². The molecular weight excluding hydrogens is 240 g/mol. The molecule has 0 aliphatic carbocycles. The monoisotopic (exact) mass is 260 g/mol. The summed E-state index contributed by atoms with van der Waals surface area (Å²) in [6.07, 6.45) is 0. The number of fused-ring (bicyclic) bond motifs is 1. The van der Waals surface area contributed by atoms with Crippen LogP contribution in [-0.4, -0.2) is 19.8 Å². The summed E-state index contributed by atoms with van der Waals surface area (Å²) in [5, 5.41) is 2.08. The zero-order valence-corrected chi connectivity index (χ0v) is 11.7. The van der Waals surface area contributed by atoms with E-state index in [0.29, 0.717) is 19.8 Å². The minimum atomic E-state index is 0.641. The Labute approximate surface area is 114 Å².